The molecule has 7 heteroatoms. The second-order valence-electron chi connectivity index (χ2n) is 9.10. The lowest BCUT2D eigenvalue weighted by atomic mass is 9.91. The number of primary amides is 1. The minimum absolute atomic E-state index is 0.0914. The number of aryl methyl sites for hydroxylation is 1. The number of carbonyl (C=O) groups excluding carboxylic acids is 2. The number of nitrogens with zero attached hydrogens (tertiary/aromatic N) is 2. The maximum atomic E-state index is 12.9. The molecule has 0 aromatic carbocycles. The lowest BCUT2D eigenvalue weighted by Crippen LogP contribution is -2.44. The SMILES string of the molecule is C=C1C=C(c2sc(CC(=O)N3C[C@@H](CC)C[C@H]3C(N)=O)nc2C)C=C(C(C)(C)C)O1. The van der Waals surface area contributed by atoms with Crippen LogP contribution < -0.4 is 5.73 Å². The van der Waals surface area contributed by atoms with Gasteiger partial charge in [0.1, 0.15) is 22.6 Å². The van der Waals surface area contributed by atoms with Gasteiger partial charge in [0, 0.05) is 17.5 Å². The van der Waals surface area contributed by atoms with E-state index in [2.05, 4.69) is 39.3 Å². The van der Waals surface area contributed by atoms with Crippen molar-refractivity contribution in [2.45, 2.75) is 59.9 Å². The quantitative estimate of drug-likeness (QED) is 0.768. The second-order valence-corrected chi connectivity index (χ2v) is 10.2. The van der Waals surface area contributed by atoms with Gasteiger partial charge in [0.2, 0.25) is 11.8 Å². The predicted octanol–water partition coefficient (Wildman–Crippen LogP) is 3.96. The first kappa shape index (κ1) is 22.3. The van der Waals surface area contributed by atoms with E-state index in [-0.39, 0.29) is 17.7 Å². The fourth-order valence-electron chi connectivity index (χ4n) is 3.85. The third kappa shape index (κ3) is 4.67. The largest absolute Gasteiger partial charge is 0.462 e. The molecule has 2 N–H and O–H groups in total. The first-order valence-electron chi connectivity index (χ1n) is 10.4. The van der Waals surface area contributed by atoms with Gasteiger partial charge in [0.05, 0.1) is 17.0 Å². The topological polar surface area (TPSA) is 85.5 Å². The summed E-state index contributed by atoms with van der Waals surface area (Å²) < 4.78 is 5.81. The van der Waals surface area contributed by atoms with Crippen molar-refractivity contribution in [2.24, 2.45) is 17.1 Å². The highest BCUT2D eigenvalue weighted by atomic mass is 32.1. The Morgan fingerprint density at radius 3 is 2.67 bits per heavy atom. The minimum Gasteiger partial charge on any atom is -0.462 e. The number of thiazole rings is 1. The maximum Gasteiger partial charge on any atom is 0.240 e. The number of amides is 2. The zero-order valence-corrected chi connectivity index (χ0v) is 19.3. The van der Waals surface area contributed by atoms with Crippen LogP contribution in [0.3, 0.4) is 0 Å². The number of hydrogen-bond acceptors (Lipinski definition) is 5. The highest BCUT2D eigenvalue weighted by Gasteiger charge is 2.37. The molecule has 0 bridgehead atoms. The first-order chi connectivity index (χ1) is 14.0. The minimum atomic E-state index is -0.512. The summed E-state index contributed by atoms with van der Waals surface area (Å²) in [7, 11) is 0. The van der Waals surface area contributed by atoms with Gasteiger partial charge in [0.25, 0.3) is 0 Å². The normalized spacial score (nSPS) is 21.9. The molecule has 1 aromatic rings. The number of rotatable bonds is 5. The summed E-state index contributed by atoms with van der Waals surface area (Å²) in [5.74, 6) is 1.24. The van der Waals surface area contributed by atoms with Gasteiger partial charge in [0.15, 0.2) is 0 Å². The van der Waals surface area contributed by atoms with Gasteiger partial charge in [-0.2, -0.15) is 0 Å². The number of ether oxygens (including phenoxy) is 1. The second kappa shape index (κ2) is 8.38. The Bertz CT molecular complexity index is 936. The van der Waals surface area contributed by atoms with E-state index in [4.69, 9.17) is 10.5 Å². The van der Waals surface area contributed by atoms with Crippen molar-refractivity contribution in [3.8, 4) is 0 Å². The van der Waals surface area contributed by atoms with Crippen LogP contribution in [-0.4, -0.2) is 34.3 Å². The molecule has 3 rings (SSSR count). The summed E-state index contributed by atoms with van der Waals surface area (Å²) in [6.45, 7) is 14.8. The zero-order chi connectivity index (χ0) is 22.2. The van der Waals surface area contributed by atoms with Gasteiger partial charge < -0.3 is 15.4 Å². The number of aromatic nitrogens is 1. The molecule has 2 aliphatic heterocycles. The third-order valence-corrected chi connectivity index (χ3v) is 6.81. The average molecular weight is 430 g/mol. The van der Waals surface area contributed by atoms with Gasteiger partial charge in [-0.15, -0.1) is 11.3 Å². The number of nitrogens with two attached hydrogens (primary N) is 1. The number of hydrogen-bond donors (Lipinski definition) is 1. The van der Waals surface area contributed by atoms with Gasteiger partial charge in [-0.25, -0.2) is 4.98 Å². The molecular weight excluding hydrogens is 398 g/mol. The number of allylic oxidation sites excluding steroid dienone is 4. The Labute approximate surface area is 182 Å². The molecule has 0 aliphatic carbocycles. The van der Waals surface area contributed by atoms with Gasteiger partial charge in [-0.1, -0.05) is 40.7 Å². The third-order valence-electron chi connectivity index (χ3n) is 5.60. The van der Waals surface area contributed by atoms with Crippen molar-refractivity contribution in [1.29, 1.82) is 0 Å². The highest BCUT2D eigenvalue weighted by molar-refractivity contribution is 7.13. The smallest absolute Gasteiger partial charge is 0.240 e. The molecule has 1 fully saturated rings. The Hall–Kier alpha value is -2.41. The van der Waals surface area contributed by atoms with Crippen LogP contribution in [-0.2, 0) is 20.7 Å². The van der Waals surface area contributed by atoms with E-state index in [1.165, 1.54) is 11.3 Å². The molecule has 6 nitrogen and oxygen atoms in total. The molecule has 3 heterocycles. The summed E-state index contributed by atoms with van der Waals surface area (Å²) >= 11 is 1.50. The van der Waals surface area contributed by atoms with Crippen molar-refractivity contribution in [3.63, 3.8) is 0 Å². The van der Waals surface area contributed by atoms with Crippen LogP contribution in [0.4, 0.5) is 0 Å². The lowest BCUT2D eigenvalue weighted by Gasteiger charge is -2.26. The molecule has 2 amide bonds. The lowest BCUT2D eigenvalue weighted by molar-refractivity contribution is -0.136. The van der Waals surface area contributed by atoms with Crippen molar-refractivity contribution in [3.05, 3.63) is 45.8 Å². The fourth-order valence-corrected chi connectivity index (χ4v) is 4.89. The monoisotopic (exact) mass is 429 g/mol. The van der Waals surface area contributed by atoms with E-state index < -0.39 is 11.9 Å². The molecule has 0 saturated carbocycles. The summed E-state index contributed by atoms with van der Waals surface area (Å²) in [6, 6.07) is -0.512. The molecule has 2 atom stereocenters. The molecule has 0 unspecified atom stereocenters. The molecule has 2 aliphatic rings. The van der Waals surface area contributed by atoms with Gasteiger partial charge in [-0.3, -0.25) is 9.59 Å². The van der Waals surface area contributed by atoms with Crippen molar-refractivity contribution >= 4 is 28.7 Å². The summed E-state index contributed by atoms with van der Waals surface area (Å²) in [6.07, 6.45) is 5.67. The molecule has 1 aromatic heterocycles. The van der Waals surface area contributed by atoms with E-state index in [1.807, 2.05) is 19.1 Å². The van der Waals surface area contributed by atoms with Gasteiger partial charge >= 0.3 is 0 Å². The molecule has 162 valence electrons. The summed E-state index contributed by atoms with van der Waals surface area (Å²) in [5.41, 5.74) is 7.26. The van der Waals surface area contributed by atoms with E-state index in [0.29, 0.717) is 24.6 Å². The predicted molar refractivity (Wildman–Crippen MR) is 119 cm³/mol. The van der Waals surface area contributed by atoms with Crippen molar-refractivity contribution < 1.29 is 14.3 Å². The Morgan fingerprint density at radius 2 is 2.07 bits per heavy atom. The fraction of sp³-hybridized carbons (Fsp3) is 0.522. The number of carbonyl (C=O) groups is 2. The van der Waals surface area contributed by atoms with E-state index in [1.54, 1.807) is 4.90 Å². The molecule has 0 spiro atoms. The standard InChI is InChI=1S/C23H31N3O3S/c1-7-15-9-17(22(24)28)26(12-15)20(27)11-19-25-14(3)21(30-19)16-8-13(2)29-18(10-16)23(4,5)6/h8,10,15,17H,2,7,9,11-12H2,1,3-6H3,(H2,24,28)/t15-,17-/m0/s1. The van der Waals surface area contributed by atoms with Gasteiger partial charge in [-0.05, 0) is 31.4 Å². The molecule has 1 saturated heterocycles. The van der Waals surface area contributed by atoms with Crippen molar-refractivity contribution in [1.82, 2.24) is 9.88 Å². The average Bonchev–Trinajstić information content (AvgIpc) is 3.24. The van der Waals surface area contributed by atoms with Crippen LogP contribution in [0.2, 0.25) is 0 Å². The van der Waals surface area contributed by atoms with E-state index >= 15 is 0 Å². The molecule has 30 heavy (non-hydrogen) atoms. The van der Waals surface area contributed by atoms with Crippen LogP contribution >= 0.6 is 11.3 Å². The first-order valence-corrected chi connectivity index (χ1v) is 11.2. The van der Waals surface area contributed by atoms with Crippen LogP contribution in [0.15, 0.2) is 30.2 Å². The van der Waals surface area contributed by atoms with Crippen molar-refractivity contribution in [2.75, 3.05) is 6.54 Å². The molecule has 0 radical (unpaired) electrons. The molecular formula is C23H31N3O3S. The Kier molecular flexibility index (Phi) is 6.22. The Balaban J connectivity index is 1.81. The Morgan fingerprint density at radius 1 is 1.37 bits per heavy atom. The van der Waals surface area contributed by atoms with Crippen LogP contribution in [0.5, 0.6) is 0 Å². The van der Waals surface area contributed by atoms with E-state index in [0.717, 1.165) is 33.3 Å². The summed E-state index contributed by atoms with van der Waals surface area (Å²) in [4.78, 5) is 32.0. The number of likely N-dealkylation sites (tertiary alicyclic amines) is 1. The van der Waals surface area contributed by atoms with E-state index in [9.17, 15) is 9.59 Å². The maximum absolute atomic E-state index is 12.9. The summed E-state index contributed by atoms with van der Waals surface area (Å²) in [5, 5.41) is 0.736. The highest BCUT2D eigenvalue weighted by Crippen LogP contribution is 2.38. The van der Waals surface area contributed by atoms with Crippen LogP contribution in [0, 0.1) is 18.3 Å². The van der Waals surface area contributed by atoms with Crippen LogP contribution in [0.25, 0.3) is 5.57 Å². The zero-order valence-electron chi connectivity index (χ0n) is 18.4. The van der Waals surface area contributed by atoms with Crippen LogP contribution in [0.1, 0.15) is 56.1 Å².